The second-order valence-electron chi connectivity index (χ2n) is 5.03. The Kier molecular flexibility index (Phi) is 4.18. The van der Waals surface area contributed by atoms with E-state index < -0.39 is 0 Å². The van der Waals surface area contributed by atoms with Crippen molar-refractivity contribution in [3.8, 4) is 0 Å². The summed E-state index contributed by atoms with van der Waals surface area (Å²) in [5.74, 6) is 1.43. The quantitative estimate of drug-likeness (QED) is 0.811. The minimum atomic E-state index is -0.00453. The van der Waals surface area contributed by atoms with Gasteiger partial charge in [-0.15, -0.1) is 0 Å². The summed E-state index contributed by atoms with van der Waals surface area (Å²) in [6.07, 6.45) is 5.63. The van der Waals surface area contributed by atoms with Gasteiger partial charge in [-0.1, -0.05) is 13.8 Å². The molecule has 1 fully saturated rings. The van der Waals surface area contributed by atoms with Crippen LogP contribution in [0.4, 0.5) is 5.69 Å². The third-order valence-electron chi connectivity index (χ3n) is 3.43. The maximum absolute atomic E-state index is 12.1. The Morgan fingerprint density at radius 2 is 2.33 bits per heavy atom. The lowest BCUT2D eigenvalue weighted by atomic mass is 10.2. The summed E-state index contributed by atoms with van der Waals surface area (Å²) in [7, 11) is 0. The first kappa shape index (κ1) is 12.9. The summed E-state index contributed by atoms with van der Waals surface area (Å²) in [6.45, 7) is 5.95. The van der Waals surface area contributed by atoms with Crippen LogP contribution in [0.25, 0.3) is 0 Å². The number of pyridine rings is 1. The molecule has 4 nitrogen and oxygen atoms in total. The van der Waals surface area contributed by atoms with E-state index in [-0.39, 0.29) is 5.91 Å². The second-order valence-corrected chi connectivity index (χ2v) is 5.03. The molecular weight excluding hydrogens is 226 g/mol. The Morgan fingerprint density at radius 3 is 3.00 bits per heavy atom. The number of rotatable bonds is 6. The maximum Gasteiger partial charge on any atom is 0.253 e. The van der Waals surface area contributed by atoms with Gasteiger partial charge in [0, 0.05) is 19.3 Å². The van der Waals surface area contributed by atoms with Crippen LogP contribution in [-0.4, -0.2) is 24.0 Å². The molecule has 1 heterocycles. The molecule has 4 heteroatoms. The number of hydrogen-bond donors (Lipinski definition) is 2. The fourth-order valence-electron chi connectivity index (χ4n) is 2.00. The number of anilines is 1. The number of carbonyl (C=O) groups excluding carboxylic acids is 1. The maximum atomic E-state index is 12.1. The zero-order chi connectivity index (χ0) is 13.0. The molecule has 2 unspecified atom stereocenters. The Bertz CT molecular complexity index is 419. The highest BCUT2D eigenvalue weighted by Crippen LogP contribution is 2.36. The number of carbonyl (C=O) groups is 1. The first-order valence-electron chi connectivity index (χ1n) is 6.68. The van der Waals surface area contributed by atoms with Gasteiger partial charge in [0.1, 0.15) is 0 Å². The van der Waals surface area contributed by atoms with Crippen LogP contribution in [0.3, 0.4) is 0 Å². The molecular formula is C14H21N3O. The van der Waals surface area contributed by atoms with E-state index in [1.165, 1.54) is 6.42 Å². The Morgan fingerprint density at radius 1 is 1.56 bits per heavy atom. The van der Waals surface area contributed by atoms with Crippen LogP contribution < -0.4 is 10.6 Å². The summed E-state index contributed by atoms with van der Waals surface area (Å²) >= 11 is 0. The highest BCUT2D eigenvalue weighted by Gasteiger charge is 2.32. The van der Waals surface area contributed by atoms with Crippen molar-refractivity contribution in [1.82, 2.24) is 10.3 Å². The van der Waals surface area contributed by atoms with Gasteiger partial charge in [-0.25, -0.2) is 0 Å². The molecule has 1 aromatic rings. The summed E-state index contributed by atoms with van der Waals surface area (Å²) in [4.78, 5) is 16.1. The lowest BCUT2D eigenvalue weighted by Gasteiger charge is -2.10. The van der Waals surface area contributed by atoms with Gasteiger partial charge in [0.15, 0.2) is 0 Å². The molecule has 2 rings (SSSR count). The second kappa shape index (κ2) is 5.85. The van der Waals surface area contributed by atoms with Gasteiger partial charge >= 0.3 is 0 Å². The Balaban J connectivity index is 1.95. The average Bonchev–Trinajstić information content (AvgIpc) is 3.10. The van der Waals surface area contributed by atoms with Crippen molar-refractivity contribution in [1.29, 1.82) is 0 Å². The zero-order valence-electron chi connectivity index (χ0n) is 11.1. The van der Waals surface area contributed by atoms with E-state index in [4.69, 9.17) is 0 Å². The summed E-state index contributed by atoms with van der Waals surface area (Å²) < 4.78 is 0. The van der Waals surface area contributed by atoms with Crippen molar-refractivity contribution < 1.29 is 4.79 Å². The lowest BCUT2D eigenvalue weighted by molar-refractivity contribution is 0.0952. The Labute approximate surface area is 108 Å². The van der Waals surface area contributed by atoms with Gasteiger partial charge in [-0.2, -0.15) is 0 Å². The van der Waals surface area contributed by atoms with Crippen LogP contribution in [0.5, 0.6) is 0 Å². The van der Waals surface area contributed by atoms with Crippen LogP contribution in [0.15, 0.2) is 18.5 Å². The summed E-state index contributed by atoms with van der Waals surface area (Å²) in [5.41, 5.74) is 1.51. The fraction of sp³-hybridized carbons (Fsp3) is 0.571. The summed E-state index contributed by atoms with van der Waals surface area (Å²) in [5, 5.41) is 6.23. The molecule has 0 saturated heterocycles. The largest absolute Gasteiger partial charge is 0.383 e. The lowest BCUT2D eigenvalue weighted by Crippen LogP contribution is -2.27. The molecule has 98 valence electrons. The molecule has 2 atom stereocenters. The van der Waals surface area contributed by atoms with E-state index in [1.54, 1.807) is 18.5 Å². The van der Waals surface area contributed by atoms with Gasteiger partial charge in [0.2, 0.25) is 0 Å². The standard InChI is InChI=1S/C14H21N3O/c1-3-5-16-13-9-15-6-4-12(13)14(18)17-8-11-7-10(11)2/h4,6,9-11,16H,3,5,7-8H2,1-2H3,(H,17,18). The van der Waals surface area contributed by atoms with E-state index in [0.717, 1.165) is 31.1 Å². The number of hydrogen-bond acceptors (Lipinski definition) is 3. The molecule has 1 aliphatic rings. The van der Waals surface area contributed by atoms with Crippen molar-refractivity contribution in [3.63, 3.8) is 0 Å². The monoisotopic (exact) mass is 247 g/mol. The van der Waals surface area contributed by atoms with E-state index in [0.29, 0.717) is 11.5 Å². The molecule has 1 aromatic heterocycles. The highest BCUT2D eigenvalue weighted by atomic mass is 16.1. The van der Waals surface area contributed by atoms with Crippen LogP contribution in [0.2, 0.25) is 0 Å². The molecule has 1 aliphatic carbocycles. The van der Waals surface area contributed by atoms with Gasteiger partial charge in [0.25, 0.3) is 5.91 Å². The molecule has 0 aliphatic heterocycles. The van der Waals surface area contributed by atoms with E-state index in [9.17, 15) is 4.79 Å². The molecule has 0 radical (unpaired) electrons. The molecule has 0 bridgehead atoms. The molecule has 0 spiro atoms. The predicted octanol–water partition coefficient (Wildman–Crippen LogP) is 2.29. The van der Waals surface area contributed by atoms with Crippen molar-refractivity contribution in [2.45, 2.75) is 26.7 Å². The van der Waals surface area contributed by atoms with Crippen molar-refractivity contribution >= 4 is 11.6 Å². The van der Waals surface area contributed by atoms with Gasteiger partial charge < -0.3 is 10.6 Å². The normalized spacial score (nSPS) is 21.4. The molecule has 0 aromatic carbocycles. The van der Waals surface area contributed by atoms with E-state index >= 15 is 0 Å². The van der Waals surface area contributed by atoms with E-state index in [1.807, 2.05) is 0 Å². The van der Waals surface area contributed by atoms with E-state index in [2.05, 4.69) is 29.5 Å². The predicted molar refractivity (Wildman–Crippen MR) is 72.6 cm³/mol. The summed E-state index contributed by atoms with van der Waals surface area (Å²) in [6, 6.07) is 1.77. The third-order valence-corrected chi connectivity index (χ3v) is 3.43. The van der Waals surface area contributed by atoms with Crippen LogP contribution in [0, 0.1) is 11.8 Å². The fourth-order valence-corrected chi connectivity index (χ4v) is 2.00. The smallest absolute Gasteiger partial charge is 0.253 e. The molecule has 1 saturated carbocycles. The van der Waals surface area contributed by atoms with Crippen molar-refractivity contribution in [2.24, 2.45) is 11.8 Å². The number of nitrogens with one attached hydrogen (secondary N) is 2. The minimum Gasteiger partial charge on any atom is -0.383 e. The number of amides is 1. The Hall–Kier alpha value is -1.58. The van der Waals surface area contributed by atoms with Crippen molar-refractivity contribution in [3.05, 3.63) is 24.0 Å². The molecule has 2 N–H and O–H groups in total. The first-order valence-corrected chi connectivity index (χ1v) is 6.68. The topological polar surface area (TPSA) is 54.0 Å². The van der Waals surface area contributed by atoms with Crippen molar-refractivity contribution in [2.75, 3.05) is 18.4 Å². The zero-order valence-corrected chi connectivity index (χ0v) is 11.1. The minimum absolute atomic E-state index is 0.00453. The molecule has 1 amide bonds. The van der Waals surface area contributed by atoms with Gasteiger partial charge in [0.05, 0.1) is 17.4 Å². The first-order chi connectivity index (χ1) is 8.72. The highest BCUT2D eigenvalue weighted by molar-refractivity contribution is 5.99. The average molecular weight is 247 g/mol. The third kappa shape index (κ3) is 3.22. The van der Waals surface area contributed by atoms with Crippen LogP contribution >= 0.6 is 0 Å². The van der Waals surface area contributed by atoms with Gasteiger partial charge in [-0.05, 0) is 30.7 Å². The van der Waals surface area contributed by atoms with Crippen LogP contribution in [0.1, 0.15) is 37.0 Å². The SMILES string of the molecule is CCCNc1cnccc1C(=O)NCC1CC1C. The van der Waals surface area contributed by atoms with Crippen LogP contribution in [-0.2, 0) is 0 Å². The number of nitrogens with zero attached hydrogens (tertiary/aromatic N) is 1. The van der Waals surface area contributed by atoms with Gasteiger partial charge in [-0.3, -0.25) is 9.78 Å². The number of aromatic nitrogens is 1. The molecule has 18 heavy (non-hydrogen) atoms.